The van der Waals surface area contributed by atoms with Crippen LogP contribution in [0, 0.1) is 6.92 Å². The lowest BCUT2D eigenvalue weighted by atomic mass is 10.2. The largest absolute Gasteiger partial charge is 0.422 e. The zero-order chi connectivity index (χ0) is 15.9. The molecule has 22 heavy (non-hydrogen) atoms. The lowest BCUT2D eigenvalue weighted by Crippen LogP contribution is -2.11. The van der Waals surface area contributed by atoms with Crippen LogP contribution in [0.5, 0.6) is 0 Å². The predicted molar refractivity (Wildman–Crippen MR) is 86.4 cm³/mol. The minimum Gasteiger partial charge on any atom is -0.422 e. The smallest absolute Gasteiger partial charge is 0.351 e. The summed E-state index contributed by atoms with van der Waals surface area (Å²) in [4.78, 5) is 11.7. The highest BCUT2D eigenvalue weighted by Gasteiger charge is 2.26. The number of benzene rings is 2. The Morgan fingerprint density at radius 2 is 1.64 bits per heavy atom. The summed E-state index contributed by atoms with van der Waals surface area (Å²) in [7, 11) is -3.87. The minimum absolute atomic E-state index is 0.115. The molecule has 0 fully saturated rings. The summed E-state index contributed by atoms with van der Waals surface area (Å²) in [6.45, 7) is 1.87. The second-order valence-electron chi connectivity index (χ2n) is 4.88. The molecule has 3 rings (SSSR count). The molecule has 0 aliphatic carbocycles. The van der Waals surface area contributed by atoms with Crippen LogP contribution in [-0.2, 0) is 9.84 Å². The number of fused-ring (bicyclic) bond motifs is 1. The van der Waals surface area contributed by atoms with Gasteiger partial charge in [0.05, 0.1) is 4.90 Å². The molecule has 0 aliphatic heterocycles. The van der Waals surface area contributed by atoms with Crippen LogP contribution in [-0.4, -0.2) is 8.42 Å². The van der Waals surface area contributed by atoms with E-state index in [9.17, 15) is 13.2 Å². The van der Waals surface area contributed by atoms with Gasteiger partial charge in [-0.05, 0) is 31.2 Å². The zero-order valence-corrected chi connectivity index (χ0v) is 13.3. The van der Waals surface area contributed by atoms with E-state index >= 15 is 0 Å². The summed E-state index contributed by atoms with van der Waals surface area (Å²) in [5.74, 6) is 0. The minimum atomic E-state index is -3.87. The predicted octanol–water partition coefficient (Wildman–Crippen LogP) is 3.22. The number of para-hydroxylation sites is 1. The van der Waals surface area contributed by atoms with Gasteiger partial charge in [-0.15, -0.1) is 12.6 Å². The zero-order valence-electron chi connectivity index (χ0n) is 11.6. The molecule has 0 spiro atoms. The fourth-order valence-electron chi connectivity index (χ4n) is 2.22. The van der Waals surface area contributed by atoms with Gasteiger partial charge < -0.3 is 4.42 Å². The fraction of sp³-hybridized carbons (Fsp3) is 0.0625. The van der Waals surface area contributed by atoms with Crippen molar-refractivity contribution >= 4 is 33.4 Å². The summed E-state index contributed by atoms with van der Waals surface area (Å²) < 4.78 is 30.9. The van der Waals surface area contributed by atoms with Gasteiger partial charge in [-0.1, -0.05) is 29.8 Å². The lowest BCUT2D eigenvalue weighted by molar-refractivity contribution is 0.532. The van der Waals surface area contributed by atoms with Gasteiger partial charge in [0.15, 0.2) is 0 Å². The van der Waals surface area contributed by atoms with Gasteiger partial charge in [0.2, 0.25) is 9.84 Å². The molecule has 0 amide bonds. The first kappa shape index (κ1) is 14.9. The molecular formula is C16H12O4S2. The van der Waals surface area contributed by atoms with Crippen LogP contribution in [0.2, 0.25) is 0 Å². The van der Waals surface area contributed by atoms with Gasteiger partial charge in [-0.2, -0.15) is 0 Å². The van der Waals surface area contributed by atoms with Crippen molar-refractivity contribution in [2.75, 3.05) is 0 Å². The molecule has 0 atom stereocenters. The monoisotopic (exact) mass is 332 g/mol. The molecule has 112 valence electrons. The highest BCUT2D eigenvalue weighted by Crippen LogP contribution is 2.31. The van der Waals surface area contributed by atoms with E-state index in [1.165, 1.54) is 12.1 Å². The topological polar surface area (TPSA) is 64.3 Å². The van der Waals surface area contributed by atoms with Gasteiger partial charge in [0.25, 0.3) is 0 Å². The van der Waals surface area contributed by atoms with Crippen LogP contribution in [0.1, 0.15) is 5.56 Å². The molecule has 4 nitrogen and oxygen atoms in total. The van der Waals surface area contributed by atoms with Crippen LogP contribution in [0.15, 0.2) is 72.4 Å². The van der Waals surface area contributed by atoms with Crippen molar-refractivity contribution < 1.29 is 12.8 Å². The van der Waals surface area contributed by atoms with Crippen molar-refractivity contribution in [3.63, 3.8) is 0 Å². The summed E-state index contributed by atoms with van der Waals surface area (Å²) in [6.07, 6.45) is 0. The molecule has 0 saturated carbocycles. The number of hydrogen-bond acceptors (Lipinski definition) is 5. The van der Waals surface area contributed by atoms with Gasteiger partial charge in [-0.25, -0.2) is 13.2 Å². The van der Waals surface area contributed by atoms with E-state index in [1.54, 1.807) is 36.4 Å². The van der Waals surface area contributed by atoms with E-state index in [0.29, 0.717) is 5.39 Å². The van der Waals surface area contributed by atoms with E-state index in [-0.39, 0.29) is 20.3 Å². The van der Waals surface area contributed by atoms with Crippen molar-refractivity contribution in [3.8, 4) is 0 Å². The Hall–Kier alpha value is -2.05. The first-order valence-electron chi connectivity index (χ1n) is 6.48. The molecule has 0 radical (unpaired) electrons. The van der Waals surface area contributed by atoms with Crippen molar-refractivity contribution in [3.05, 3.63) is 64.5 Å². The van der Waals surface area contributed by atoms with Gasteiger partial charge in [0.1, 0.15) is 15.4 Å². The Morgan fingerprint density at radius 1 is 1.00 bits per heavy atom. The number of sulfone groups is 1. The highest BCUT2D eigenvalue weighted by atomic mass is 32.2. The third kappa shape index (κ3) is 2.34. The van der Waals surface area contributed by atoms with Crippen LogP contribution >= 0.6 is 12.6 Å². The van der Waals surface area contributed by atoms with E-state index < -0.39 is 15.5 Å². The molecule has 1 heterocycles. The summed E-state index contributed by atoms with van der Waals surface area (Å²) in [6, 6.07) is 13.0. The maximum Gasteiger partial charge on any atom is 0.351 e. The van der Waals surface area contributed by atoms with Crippen molar-refractivity contribution in [2.45, 2.75) is 21.6 Å². The molecular weight excluding hydrogens is 320 g/mol. The Balaban J connectivity index is 2.41. The second-order valence-corrected chi connectivity index (χ2v) is 7.21. The Kier molecular flexibility index (Phi) is 3.58. The number of rotatable bonds is 2. The maximum atomic E-state index is 12.9. The van der Waals surface area contributed by atoms with E-state index in [0.717, 1.165) is 5.56 Å². The van der Waals surface area contributed by atoms with Gasteiger partial charge in [-0.3, -0.25) is 0 Å². The number of aryl methyl sites for hydroxylation is 1. The second kappa shape index (κ2) is 5.30. The molecule has 0 N–H and O–H groups in total. The summed E-state index contributed by atoms with van der Waals surface area (Å²) in [5.41, 5.74) is 0.395. The maximum absolute atomic E-state index is 12.9. The third-order valence-corrected chi connectivity index (χ3v) is 5.75. The molecule has 3 aromatic rings. The van der Waals surface area contributed by atoms with E-state index in [1.807, 2.05) is 6.92 Å². The molecule has 0 bridgehead atoms. The SMILES string of the molecule is Cc1ccc(S(=O)(=O)c2c(S)c(=O)oc3ccccc23)cc1. The number of thiol groups is 1. The van der Waals surface area contributed by atoms with Crippen molar-refractivity contribution in [1.29, 1.82) is 0 Å². The average Bonchev–Trinajstić information content (AvgIpc) is 2.48. The first-order chi connectivity index (χ1) is 10.4. The molecule has 0 saturated heterocycles. The van der Waals surface area contributed by atoms with Crippen LogP contribution < -0.4 is 5.63 Å². The Labute approximate surface area is 132 Å². The lowest BCUT2D eigenvalue weighted by Gasteiger charge is -2.09. The standard InChI is InChI=1S/C16H12O4S2/c1-10-6-8-11(9-7-10)22(18,19)15-12-4-2-3-5-13(12)20-16(17)14(15)21/h2-9,21H,1H3. The Morgan fingerprint density at radius 3 is 2.32 bits per heavy atom. The van der Waals surface area contributed by atoms with Gasteiger partial charge >= 0.3 is 5.63 Å². The highest BCUT2D eigenvalue weighted by molar-refractivity contribution is 7.92. The van der Waals surface area contributed by atoms with Crippen molar-refractivity contribution in [2.24, 2.45) is 0 Å². The molecule has 0 aliphatic rings. The summed E-state index contributed by atoms with van der Waals surface area (Å²) >= 11 is 4.07. The molecule has 1 aromatic heterocycles. The fourth-order valence-corrected chi connectivity index (χ4v) is 4.27. The first-order valence-corrected chi connectivity index (χ1v) is 8.41. The molecule has 6 heteroatoms. The Bertz CT molecular complexity index is 1020. The van der Waals surface area contributed by atoms with Crippen LogP contribution in [0.4, 0.5) is 0 Å². The van der Waals surface area contributed by atoms with Gasteiger partial charge in [0, 0.05) is 5.39 Å². The normalized spacial score (nSPS) is 11.7. The number of hydrogen-bond donors (Lipinski definition) is 1. The quantitative estimate of drug-likeness (QED) is 0.578. The van der Waals surface area contributed by atoms with Crippen LogP contribution in [0.3, 0.4) is 0 Å². The van der Waals surface area contributed by atoms with E-state index in [2.05, 4.69) is 12.6 Å². The molecule has 0 unspecified atom stereocenters. The van der Waals surface area contributed by atoms with Crippen LogP contribution in [0.25, 0.3) is 11.0 Å². The van der Waals surface area contributed by atoms with Crippen molar-refractivity contribution in [1.82, 2.24) is 0 Å². The summed E-state index contributed by atoms with van der Waals surface area (Å²) in [5, 5.41) is 0.340. The molecule has 2 aromatic carbocycles. The van der Waals surface area contributed by atoms with E-state index in [4.69, 9.17) is 4.42 Å². The average molecular weight is 332 g/mol. The third-order valence-electron chi connectivity index (χ3n) is 3.34.